The normalized spacial score (nSPS) is 12.0. The maximum absolute atomic E-state index is 3.13. The second-order valence-corrected chi connectivity index (χ2v) is 11.3. The molecule has 0 aromatic heterocycles. The number of benzene rings is 7. The van der Waals surface area contributed by atoms with E-state index in [-0.39, 0.29) is 0 Å². The molecule has 0 aliphatic rings. The van der Waals surface area contributed by atoms with Crippen molar-refractivity contribution in [2.75, 3.05) is 7.05 Å². The van der Waals surface area contributed by atoms with Crippen molar-refractivity contribution in [1.82, 2.24) is 5.32 Å². The van der Waals surface area contributed by atoms with E-state index >= 15 is 0 Å². The summed E-state index contributed by atoms with van der Waals surface area (Å²) in [6, 6.07) is 49.0. The van der Waals surface area contributed by atoms with Crippen LogP contribution in [0.3, 0.4) is 0 Å². The van der Waals surface area contributed by atoms with Crippen LogP contribution in [-0.4, -0.2) is 7.05 Å². The molecule has 212 valence electrons. The first-order valence-electron chi connectivity index (χ1n) is 15.3. The molecule has 0 heterocycles. The Balaban J connectivity index is 1.53. The van der Waals surface area contributed by atoms with Gasteiger partial charge in [-0.25, -0.2) is 0 Å². The van der Waals surface area contributed by atoms with Crippen LogP contribution in [0, 0.1) is 6.92 Å². The summed E-state index contributed by atoms with van der Waals surface area (Å²) in [4.78, 5) is 0. The molecule has 0 saturated carbocycles. The maximum Gasteiger partial charge on any atom is 0.00277 e. The van der Waals surface area contributed by atoms with Gasteiger partial charge in [-0.1, -0.05) is 133 Å². The molecule has 7 aromatic carbocycles. The minimum absolute atomic E-state index is 1.19. The molecule has 1 heteroatoms. The van der Waals surface area contributed by atoms with Crippen LogP contribution in [0.15, 0.2) is 152 Å². The van der Waals surface area contributed by atoms with E-state index in [0.29, 0.717) is 0 Å². The second kappa shape index (κ2) is 11.7. The van der Waals surface area contributed by atoms with Gasteiger partial charge in [0.15, 0.2) is 0 Å². The lowest BCUT2D eigenvalue weighted by atomic mass is 9.83. The summed E-state index contributed by atoms with van der Waals surface area (Å²) < 4.78 is 0. The summed E-state index contributed by atoms with van der Waals surface area (Å²) in [6.07, 6.45) is 6.28. The molecule has 7 aromatic rings. The summed E-state index contributed by atoms with van der Waals surface area (Å²) in [5.41, 5.74) is 11.3. The Morgan fingerprint density at radius 3 is 1.68 bits per heavy atom. The predicted octanol–water partition coefficient (Wildman–Crippen LogP) is 11.6. The van der Waals surface area contributed by atoms with Gasteiger partial charge in [-0.05, 0) is 115 Å². The van der Waals surface area contributed by atoms with Gasteiger partial charge in [0.1, 0.15) is 0 Å². The van der Waals surface area contributed by atoms with Gasteiger partial charge in [0, 0.05) is 7.05 Å². The number of aryl methyl sites for hydroxylation is 1. The number of nitrogens with one attached hydrogen (secondary N) is 1. The Kier molecular flexibility index (Phi) is 7.30. The predicted molar refractivity (Wildman–Crippen MR) is 192 cm³/mol. The van der Waals surface area contributed by atoms with Crippen molar-refractivity contribution < 1.29 is 0 Å². The summed E-state index contributed by atoms with van der Waals surface area (Å²) in [5, 5.41) is 10.7. The van der Waals surface area contributed by atoms with Gasteiger partial charge in [0.25, 0.3) is 0 Å². The Labute approximate surface area is 259 Å². The largest absolute Gasteiger partial charge is 0.394 e. The van der Waals surface area contributed by atoms with E-state index in [0.717, 1.165) is 0 Å². The highest BCUT2D eigenvalue weighted by Crippen LogP contribution is 2.46. The molecule has 44 heavy (non-hydrogen) atoms. The number of allylic oxidation sites excluding steroid dienone is 3. The smallest absolute Gasteiger partial charge is 0.00277 e. The first kappa shape index (κ1) is 27.4. The molecule has 0 spiro atoms. The standard InChI is InChI=1S/C43H35N/c1-4-30(26-27-44-3)31-15-11-16-32(28-31)42-38-18-7-9-20-40(38)43(41-21-10-8-19-39(41)42)37-25-13-23-35-34(22-12-24-36(35)37)33-17-6-5-14-29(33)2/h4-28,44H,1-3H3/b27-26-,30-4+. The Bertz CT molecular complexity index is 2170. The lowest BCUT2D eigenvalue weighted by molar-refractivity contribution is 1.10. The molecule has 0 unspecified atom stereocenters. The van der Waals surface area contributed by atoms with Crippen LogP contribution in [0.1, 0.15) is 18.1 Å². The van der Waals surface area contributed by atoms with Crippen molar-refractivity contribution in [3.05, 3.63) is 163 Å². The fourth-order valence-electron chi connectivity index (χ4n) is 6.75. The van der Waals surface area contributed by atoms with E-state index in [1.807, 2.05) is 13.2 Å². The zero-order valence-corrected chi connectivity index (χ0v) is 25.4. The molecular formula is C43H35N. The van der Waals surface area contributed by atoms with Crippen molar-refractivity contribution in [2.24, 2.45) is 0 Å². The highest BCUT2D eigenvalue weighted by molar-refractivity contribution is 6.24. The number of hydrogen-bond acceptors (Lipinski definition) is 1. The van der Waals surface area contributed by atoms with E-state index in [9.17, 15) is 0 Å². The maximum atomic E-state index is 3.13. The summed E-state index contributed by atoms with van der Waals surface area (Å²) >= 11 is 0. The fraction of sp³-hybridized carbons (Fsp3) is 0.0698. The van der Waals surface area contributed by atoms with Crippen LogP contribution >= 0.6 is 0 Å². The van der Waals surface area contributed by atoms with Crippen molar-refractivity contribution in [2.45, 2.75) is 13.8 Å². The molecule has 0 bridgehead atoms. The van der Waals surface area contributed by atoms with Crippen molar-refractivity contribution in [3.8, 4) is 33.4 Å². The third kappa shape index (κ3) is 4.68. The average Bonchev–Trinajstić information content (AvgIpc) is 3.07. The van der Waals surface area contributed by atoms with Gasteiger partial charge in [-0.2, -0.15) is 0 Å². The van der Waals surface area contributed by atoms with Crippen molar-refractivity contribution in [3.63, 3.8) is 0 Å². The van der Waals surface area contributed by atoms with E-state index < -0.39 is 0 Å². The molecule has 0 saturated heterocycles. The number of rotatable bonds is 6. The molecule has 0 aliphatic carbocycles. The van der Waals surface area contributed by atoms with Crippen molar-refractivity contribution in [1.29, 1.82) is 0 Å². The van der Waals surface area contributed by atoms with Crippen LogP contribution in [0.25, 0.3) is 71.3 Å². The summed E-state index contributed by atoms with van der Waals surface area (Å²) in [5.74, 6) is 0. The monoisotopic (exact) mass is 565 g/mol. The van der Waals surface area contributed by atoms with E-state index in [1.165, 1.54) is 82.4 Å². The number of hydrogen-bond donors (Lipinski definition) is 1. The van der Waals surface area contributed by atoms with Crippen LogP contribution in [-0.2, 0) is 0 Å². The molecule has 0 aliphatic heterocycles. The minimum atomic E-state index is 1.19. The van der Waals surface area contributed by atoms with Crippen LogP contribution in [0.4, 0.5) is 0 Å². The highest BCUT2D eigenvalue weighted by atomic mass is 14.8. The zero-order chi connectivity index (χ0) is 30.0. The topological polar surface area (TPSA) is 12.0 Å². The average molecular weight is 566 g/mol. The number of fused-ring (bicyclic) bond motifs is 3. The minimum Gasteiger partial charge on any atom is -0.394 e. The molecule has 1 nitrogen and oxygen atoms in total. The van der Waals surface area contributed by atoms with Gasteiger partial charge < -0.3 is 5.32 Å². The lowest BCUT2D eigenvalue weighted by Crippen LogP contribution is -1.94. The third-order valence-electron chi connectivity index (χ3n) is 8.78. The molecule has 0 fully saturated rings. The van der Waals surface area contributed by atoms with Crippen LogP contribution in [0.5, 0.6) is 0 Å². The third-order valence-corrected chi connectivity index (χ3v) is 8.78. The lowest BCUT2D eigenvalue weighted by Gasteiger charge is -2.20. The first-order chi connectivity index (χ1) is 21.7. The zero-order valence-electron chi connectivity index (χ0n) is 25.4. The second-order valence-electron chi connectivity index (χ2n) is 11.3. The molecule has 0 amide bonds. The van der Waals surface area contributed by atoms with E-state index in [1.54, 1.807) is 0 Å². The van der Waals surface area contributed by atoms with Gasteiger partial charge in [0.2, 0.25) is 0 Å². The van der Waals surface area contributed by atoms with E-state index in [2.05, 4.69) is 165 Å². The van der Waals surface area contributed by atoms with Gasteiger partial charge in [-0.15, -0.1) is 0 Å². The highest BCUT2D eigenvalue weighted by Gasteiger charge is 2.19. The Morgan fingerprint density at radius 2 is 1.05 bits per heavy atom. The van der Waals surface area contributed by atoms with Gasteiger partial charge in [0.05, 0.1) is 0 Å². The molecule has 0 atom stereocenters. The van der Waals surface area contributed by atoms with E-state index in [4.69, 9.17) is 0 Å². The summed E-state index contributed by atoms with van der Waals surface area (Å²) in [7, 11) is 1.93. The van der Waals surface area contributed by atoms with Crippen LogP contribution in [0.2, 0.25) is 0 Å². The van der Waals surface area contributed by atoms with Gasteiger partial charge >= 0.3 is 0 Å². The Hall–Kier alpha value is -5.40. The quantitative estimate of drug-likeness (QED) is 0.156. The van der Waals surface area contributed by atoms with Crippen molar-refractivity contribution >= 4 is 37.9 Å². The molecule has 1 N–H and O–H groups in total. The summed E-state index contributed by atoms with van der Waals surface area (Å²) in [6.45, 7) is 4.29. The van der Waals surface area contributed by atoms with Gasteiger partial charge in [-0.3, -0.25) is 0 Å². The Morgan fingerprint density at radius 1 is 0.523 bits per heavy atom. The van der Waals surface area contributed by atoms with Crippen LogP contribution < -0.4 is 5.32 Å². The molecular weight excluding hydrogens is 530 g/mol. The molecule has 7 rings (SSSR count). The first-order valence-corrected chi connectivity index (χ1v) is 15.3. The fourth-order valence-corrected chi connectivity index (χ4v) is 6.75. The SMILES string of the molecule is C/C=C(\C=C/NC)c1cccc(-c2c3ccccc3c(-c3cccc4c(-c5ccccc5C)cccc34)c3ccccc23)c1. The molecule has 0 radical (unpaired) electrons.